The Morgan fingerprint density at radius 1 is 1.12 bits per heavy atom. The van der Waals surface area contributed by atoms with E-state index in [4.69, 9.17) is 5.26 Å². The van der Waals surface area contributed by atoms with Crippen molar-refractivity contribution in [1.82, 2.24) is 9.99 Å². The van der Waals surface area contributed by atoms with E-state index in [1.165, 1.54) is 34.9 Å². The fourth-order valence-electron chi connectivity index (χ4n) is 3.85. The molecule has 0 aliphatic heterocycles. The normalized spacial score (nSPS) is 11.0. The Bertz CT molecular complexity index is 1370. The second-order valence-electron chi connectivity index (χ2n) is 7.76. The molecule has 6 heteroatoms. The van der Waals surface area contributed by atoms with Crippen molar-refractivity contribution >= 4 is 23.0 Å². The summed E-state index contributed by atoms with van der Waals surface area (Å²) < 4.78 is 2.19. The first-order valence-corrected chi connectivity index (χ1v) is 10.2. The van der Waals surface area contributed by atoms with Crippen LogP contribution < -0.4 is 5.43 Å². The summed E-state index contributed by atoms with van der Waals surface area (Å²) in [4.78, 5) is 12.3. The second kappa shape index (κ2) is 8.78. The van der Waals surface area contributed by atoms with Crippen molar-refractivity contribution in [2.24, 2.45) is 5.10 Å². The van der Waals surface area contributed by atoms with Crippen LogP contribution in [0.1, 0.15) is 38.2 Å². The number of hydrogen-bond donors (Lipinski definition) is 2. The van der Waals surface area contributed by atoms with Gasteiger partial charge >= 0.3 is 0 Å². The van der Waals surface area contributed by atoms with E-state index >= 15 is 0 Å². The van der Waals surface area contributed by atoms with Crippen LogP contribution in [0.2, 0.25) is 0 Å². The molecule has 0 unspecified atom stereocenters. The molecule has 0 atom stereocenters. The van der Waals surface area contributed by atoms with E-state index in [0.29, 0.717) is 0 Å². The monoisotopic (exact) mass is 422 g/mol. The summed E-state index contributed by atoms with van der Waals surface area (Å²) in [5.74, 6) is -0.623. The topological polar surface area (TPSA) is 90.4 Å². The SMILES string of the molecule is Cc1cc(C)cc(Cn2ccc3c(/C=N/NC(=O)c4ccc(O)c(C#N)c4)cccc32)c1. The first-order valence-electron chi connectivity index (χ1n) is 10.2. The van der Waals surface area contributed by atoms with Crippen LogP contribution in [-0.4, -0.2) is 21.8 Å². The number of phenols is 1. The predicted octanol–water partition coefficient (Wildman–Crippen LogP) is 4.65. The van der Waals surface area contributed by atoms with Crippen molar-refractivity contribution in [2.45, 2.75) is 20.4 Å². The fourth-order valence-corrected chi connectivity index (χ4v) is 3.85. The Hall–Kier alpha value is -4.37. The third-order valence-electron chi connectivity index (χ3n) is 5.23. The van der Waals surface area contributed by atoms with Crippen molar-refractivity contribution in [1.29, 1.82) is 5.26 Å². The average molecular weight is 422 g/mol. The van der Waals surface area contributed by atoms with Gasteiger partial charge in [0.15, 0.2) is 0 Å². The Kier molecular flexibility index (Phi) is 5.73. The second-order valence-corrected chi connectivity index (χ2v) is 7.76. The molecule has 0 aliphatic carbocycles. The molecule has 1 heterocycles. The van der Waals surface area contributed by atoms with Crippen molar-refractivity contribution in [2.75, 3.05) is 0 Å². The molecule has 2 N–H and O–H groups in total. The molecule has 0 saturated heterocycles. The minimum atomic E-state index is -0.461. The van der Waals surface area contributed by atoms with Crippen LogP contribution in [0.5, 0.6) is 5.75 Å². The van der Waals surface area contributed by atoms with Crippen LogP contribution in [0, 0.1) is 25.2 Å². The van der Waals surface area contributed by atoms with E-state index in [1.807, 2.05) is 24.3 Å². The van der Waals surface area contributed by atoms with Crippen LogP contribution in [0.25, 0.3) is 10.9 Å². The summed E-state index contributed by atoms with van der Waals surface area (Å²) in [7, 11) is 0. The molecule has 0 fully saturated rings. The van der Waals surface area contributed by atoms with Gasteiger partial charge in [-0.05, 0) is 49.7 Å². The number of rotatable bonds is 5. The van der Waals surface area contributed by atoms with Gasteiger partial charge in [-0.2, -0.15) is 10.4 Å². The van der Waals surface area contributed by atoms with Gasteiger partial charge in [0.25, 0.3) is 5.91 Å². The van der Waals surface area contributed by atoms with E-state index in [-0.39, 0.29) is 16.9 Å². The summed E-state index contributed by atoms with van der Waals surface area (Å²) in [6, 6.07) is 20.5. The number of carbonyl (C=O) groups excluding carboxylic acids is 1. The smallest absolute Gasteiger partial charge is 0.271 e. The summed E-state index contributed by atoms with van der Waals surface area (Å²) in [5, 5.41) is 23.7. The number of benzene rings is 3. The molecule has 158 valence electrons. The summed E-state index contributed by atoms with van der Waals surface area (Å²) in [6.45, 7) is 4.98. The van der Waals surface area contributed by atoms with E-state index < -0.39 is 5.91 Å². The van der Waals surface area contributed by atoms with Crippen molar-refractivity contribution < 1.29 is 9.90 Å². The number of hydrogen-bond acceptors (Lipinski definition) is 4. The molecule has 0 aliphatic rings. The molecular weight excluding hydrogens is 400 g/mol. The highest BCUT2D eigenvalue weighted by Gasteiger charge is 2.09. The van der Waals surface area contributed by atoms with E-state index in [0.717, 1.165) is 23.0 Å². The minimum Gasteiger partial charge on any atom is -0.507 e. The number of aromatic nitrogens is 1. The lowest BCUT2D eigenvalue weighted by molar-refractivity contribution is 0.0955. The van der Waals surface area contributed by atoms with Gasteiger partial charge in [0.2, 0.25) is 0 Å². The van der Waals surface area contributed by atoms with Gasteiger partial charge in [0.05, 0.1) is 11.8 Å². The highest BCUT2D eigenvalue weighted by Crippen LogP contribution is 2.21. The Balaban J connectivity index is 1.53. The van der Waals surface area contributed by atoms with Crippen LogP contribution in [0.3, 0.4) is 0 Å². The molecule has 3 aromatic carbocycles. The third kappa shape index (κ3) is 4.37. The molecule has 0 saturated carbocycles. The fraction of sp³-hybridized carbons (Fsp3) is 0.115. The molecule has 0 radical (unpaired) electrons. The first kappa shape index (κ1) is 20.9. The number of nitrogens with zero attached hydrogens (tertiary/aromatic N) is 3. The molecule has 4 rings (SSSR count). The number of nitrogens with one attached hydrogen (secondary N) is 1. The van der Waals surface area contributed by atoms with Crippen molar-refractivity contribution in [3.63, 3.8) is 0 Å². The van der Waals surface area contributed by atoms with E-state index in [1.54, 1.807) is 6.21 Å². The number of hydrazone groups is 1. The molecule has 32 heavy (non-hydrogen) atoms. The number of carbonyl (C=O) groups is 1. The number of aryl methyl sites for hydroxylation is 2. The van der Waals surface area contributed by atoms with Crippen LogP contribution in [0.4, 0.5) is 0 Å². The van der Waals surface area contributed by atoms with Gasteiger partial charge in [-0.1, -0.05) is 41.5 Å². The molecule has 0 bridgehead atoms. The lowest BCUT2D eigenvalue weighted by Gasteiger charge is -2.08. The van der Waals surface area contributed by atoms with Gasteiger partial charge < -0.3 is 9.67 Å². The molecule has 0 spiro atoms. The first-order chi connectivity index (χ1) is 15.4. The maximum Gasteiger partial charge on any atom is 0.271 e. The highest BCUT2D eigenvalue weighted by molar-refractivity contribution is 6.00. The number of phenolic OH excluding ortho intramolecular Hbond substituents is 1. The lowest BCUT2D eigenvalue weighted by Crippen LogP contribution is -2.17. The maximum atomic E-state index is 12.3. The van der Waals surface area contributed by atoms with Gasteiger partial charge in [-0.15, -0.1) is 0 Å². The summed E-state index contributed by atoms with van der Waals surface area (Å²) in [5.41, 5.74) is 8.46. The van der Waals surface area contributed by atoms with Crippen LogP contribution in [-0.2, 0) is 6.54 Å². The van der Waals surface area contributed by atoms with Crippen molar-refractivity contribution in [3.05, 3.63) is 100 Å². The van der Waals surface area contributed by atoms with Gasteiger partial charge in [0.1, 0.15) is 11.8 Å². The van der Waals surface area contributed by atoms with Crippen LogP contribution in [0.15, 0.2) is 72.0 Å². The maximum absolute atomic E-state index is 12.3. The molecule has 6 nitrogen and oxygen atoms in total. The standard InChI is InChI=1S/C26H22N4O2/c1-17-10-18(2)12-19(11-17)16-30-9-8-23-21(4-3-5-24(23)30)15-28-29-26(32)20-6-7-25(31)22(13-20)14-27/h3-13,15,31H,16H2,1-2H3,(H,29,32)/b28-15+. The van der Waals surface area contributed by atoms with Gasteiger partial charge in [-0.3, -0.25) is 4.79 Å². The third-order valence-corrected chi connectivity index (χ3v) is 5.23. The van der Waals surface area contributed by atoms with Crippen LogP contribution >= 0.6 is 0 Å². The molecule has 1 amide bonds. The van der Waals surface area contributed by atoms with E-state index in [2.05, 4.69) is 59.4 Å². The predicted molar refractivity (Wildman–Crippen MR) is 125 cm³/mol. The molecule has 1 aromatic heterocycles. The number of aromatic hydroxyl groups is 1. The van der Waals surface area contributed by atoms with Gasteiger partial charge in [0, 0.05) is 34.8 Å². The summed E-state index contributed by atoms with van der Waals surface area (Å²) in [6.07, 6.45) is 3.66. The molecule has 4 aromatic rings. The zero-order valence-corrected chi connectivity index (χ0v) is 17.8. The Morgan fingerprint density at radius 2 is 1.91 bits per heavy atom. The quantitative estimate of drug-likeness (QED) is 0.362. The lowest BCUT2D eigenvalue weighted by atomic mass is 10.1. The highest BCUT2D eigenvalue weighted by atomic mass is 16.3. The largest absolute Gasteiger partial charge is 0.507 e. The zero-order valence-electron chi connectivity index (χ0n) is 17.8. The van der Waals surface area contributed by atoms with Gasteiger partial charge in [-0.25, -0.2) is 5.43 Å². The Morgan fingerprint density at radius 3 is 2.66 bits per heavy atom. The number of amides is 1. The minimum absolute atomic E-state index is 0.0385. The molecular formula is C26H22N4O2. The number of nitriles is 1. The van der Waals surface area contributed by atoms with Crippen molar-refractivity contribution in [3.8, 4) is 11.8 Å². The Labute approximate surface area is 186 Å². The zero-order chi connectivity index (χ0) is 22.7. The summed E-state index contributed by atoms with van der Waals surface area (Å²) >= 11 is 0. The number of fused-ring (bicyclic) bond motifs is 1. The average Bonchev–Trinajstić information content (AvgIpc) is 3.17. The van der Waals surface area contributed by atoms with E-state index in [9.17, 15) is 9.90 Å².